The number of nitrogens with one attached hydrogen (secondary N) is 1. The Morgan fingerprint density at radius 3 is 2.34 bits per heavy atom. The lowest BCUT2D eigenvalue weighted by atomic mass is 9.97. The van der Waals surface area contributed by atoms with Crippen molar-refractivity contribution in [1.29, 1.82) is 0 Å². The van der Waals surface area contributed by atoms with Gasteiger partial charge in [-0.1, -0.05) is 23.8 Å². The van der Waals surface area contributed by atoms with Gasteiger partial charge in [-0.25, -0.2) is 0 Å². The standard InChI is InChI=1S/C26H32N2O4/c1-6-31-21-11-9-20(10-12-21)27-24-23(22-13-8-18(4)16-19(22)5)25(29)28(26(24)30)14-7-15-32-17(2)3/h8-13,16-17,27H,6-7,14-15H2,1-5H3. The molecular formula is C26H32N2O4. The number of amides is 2. The van der Waals surface area contributed by atoms with Crippen molar-refractivity contribution < 1.29 is 19.1 Å². The zero-order chi connectivity index (χ0) is 23.3. The predicted octanol–water partition coefficient (Wildman–Crippen LogP) is 4.71. The summed E-state index contributed by atoms with van der Waals surface area (Å²) in [5.41, 5.74) is 4.26. The van der Waals surface area contributed by atoms with E-state index in [1.807, 2.05) is 77.1 Å². The molecule has 1 aliphatic rings. The van der Waals surface area contributed by atoms with E-state index in [4.69, 9.17) is 9.47 Å². The summed E-state index contributed by atoms with van der Waals surface area (Å²) in [5, 5.41) is 3.20. The topological polar surface area (TPSA) is 67.9 Å². The van der Waals surface area contributed by atoms with Gasteiger partial charge in [-0.05, 0) is 76.4 Å². The molecule has 170 valence electrons. The average Bonchev–Trinajstić information content (AvgIpc) is 2.97. The van der Waals surface area contributed by atoms with Crippen LogP contribution in [0.3, 0.4) is 0 Å². The largest absolute Gasteiger partial charge is 0.494 e. The molecule has 0 radical (unpaired) electrons. The second-order valence-corrected chi connectivity index (χ2v) is 8.19. The molecule has 2 aromatic rings. The highest BCUT2D eigenvalue weighted by atomic mass is 16.5. The molecule has 1 aliphatic heterocycles. The highest BCUT2D eigenvalue weighted by Crippen LogP contribution is 2.33. The van der Waals surface area contributed by atoms with Gasteiger partial charge >= 0.3 is 0 Å². The van der Waals surface area contributed by atoms with Crippen LogP contribution in [0.25, 0.3) is 5.57 Å². The van der Waals surface area contributed by atoms with E-state index in [9.17, 15) is 9.59 Å². The SMILES string of the molecule is CCOc1ccc(NC2=C(c3ccc(C)cc3C)C(=O)N(CCCOC(C)C)C2=O)cc1. The van der Waals surface area contributed by atoms with Crippen LogP contribution in [0.5, 0.6) is 5.75 Å². The molecule has 0 aliphatic carbocycles. The number of imide groups is 1. The summed E-state index contributed by atoms with van der Waals surface area (Å²) in [4.78, 5) is 28.0. The van der Waals surface area contributed by atoms with E-state index in [0.29, 0.717) is 37.4 Å². The van der Waals surface area contributed by atoms with E-state index < -0.39 is 0 Å². The minimum Gasteiger partial charge on any atom is -0.494 e. The summed E-state index contributed by atoms with van der Waals surface area (Å²) >= 11 is 0. The highest BCUT2D eigenvalue weighted by Gasteiger charge is 2.39. The van der Waals surface area contributed by atoms with Crippen LogP contribution >= 0.6 is 0 Å². The molecule has 0 aromatic heterocycles. The van der Waals surface area contributed by atoms with Crippen LogP contribution in [0.1, 0.15) is 43.9 Å². The van der Waals surface area contributed by atoms with Crippen LogP contribution in [0.4, 0.5) is 5.69 Å². The number of nitrogens with zero attached hydrogens (tertiary/aromatic N) is 1. The van der Waals surface area contributed by atoms with Crippen molar-refractivity contribution in [3.8, 4) is 5.75 Å². The van der Waals surface area contributed by atoms with Gasteiger partial charge in [0, 0.05) is 18.8 Å². The van der Waals surface area contributed by atoms with Crippen LogP contribution in [0.15, 0.2) is 48.2 Å². The summed E-state index contributed by atoms with van der Waals surface area (Å²) in [6.45, 7) is 11.2. The van der Waals surface area contributed by atoms with E-state index >= 15 is 0 Å². The van der Waals surface area contributed by atoms with Crippen LogP contribution in [-0.4, -0.2) is 42.6 Å². The van der Waals surface area contributed by atoms with Gasteiger partial charge in [0.15, 0.2) is 0 Å². The summed E-state index contributed by atoms with van der Waals surface area (Å²) < 4.78 is 11.1. The lowest BCUT2D eigenvalue weighted by molar-refractivity contribution is -0.137. The molecule has 2 aromatic carbocycles. The number of benzene rings is 2. The maximum atomic E-state index is 13.4. The van der Waals surface area contributed by atoms with Crippen molar-refractivity contribution in [1.82, 2.24) is 4.90 Å². The summed E-state index contributed by atoms with van der Waals surface area (Å²) in [7, 11) is 0. The van der Waals surface area contributed by atoms with Gasteiger partial charge in [0.05, 0.1) is 18.3 Å². The van der Waals surface area contributed by atoms with Crippen molar-refractivity contribution in [2.75, 3.05) is 25.1 Å². The first-order chi connectivity index (χ1) is 15.3. The van der Waals surface area contributed by atoms with Crippen molar-refractivity contribution in [3.63, 3.8) is 0 Å². The first-order valence-electron chi connectivity index (χ1n) is 11.1. The fourth-order valence-electron chi connectivity index (χ4n) is 3.73. The second kappa shape index (κ2) is 10.5. The van der Waals surface area contributed by atoms with Crippen molar-refractivity contribution in [3.05, 3.63) is 64.9 Å². The molecule has 0 unspecified atom stereocenters. The Balaban J connectivity index is 1.92. The molecule has 32 heavy (non-hydrogen) atoms. The van der Waals surface area contributed by atoms with E-state index in [0.717, 1.165) is 28.1 Å². The van der Waals surface area contributed by atoms with E-state index in [1.165, 1.54) is 4.90 Å². The first kappa shape index (κ1) is 23.5. The van der Waals surface area contributed by atoms with Gasteiger partial charge in [-0.2, -0.15) is 0 Å². The molecule has 2 amide bonds. The Morgan fingerprint density at radius 1 is 1.00 bits per heavy atom. The Bertz CT molecular complexity index is 1010. The van der Waals surface area contributed by atoms with Crippen LogP contribution < -0.4 is 10.1 Å². The third-order valence-electron chi connectivity index (χ3n) is 5.23. The number of ether oxygens (including phenoxy) is 2. The highest BCUT2D eigenvalue weighted by molar-refractivity contribution is 6.36. The maximum absolute atomic E-state index is 13.4. The average molecular weight is 437 g/mol. The normalized spacial score (nSPS) is 14.0. The smallest absolute Gasteiger partial charge is 0.278 e. The Morgan fingerprint density at radius 2 is 1.72 bits per heavy atom. The Hall–Kier alpha value is -3.12. The number of aryl methyl sites for hydroxylation is 2. The number of hydrogen-bond donors (Lipinski definition) is 1. The minimum absolute atomic E-state index is 0.112. The summed E-state index contributed by atoms with van der Waals surface area (Å²) in [6, 6.07) is 13.3. The van der Waals surface area contributed by atoms with Crippen molar-refractivity contribution in [2.24, 2.45) is 0 Å². The quantitative estimate of drug-likeness (QED) is 0.432. The zero-order valence-corrected chi connectivity index (χ0v) is 19.5. The van der Waals surface area contributed by atoms with Gasteiger partial charge in [0.25, 0.3) is 11.8 Å². The molecule has 6 heteroatoms. The van der Waals surface area contributed by atoms with Crippen LogP contribution in [-0.2, 0) is 14.3 Å². The van der Waals surface area contributed by atoms with Gasteiger partial charge in [-0.3, -0.25) is 14.5 Å². The molecule has 1 heterocycles. The predicted molar refractivity (Wildman–Crippen MR) is 126 cm³/mol. The zero-order valence-electron chi connectivity index (χ0n) is 19.5. The molecule has 3 rings (SSSR count). The molecule has 6 nitrogen and oxygen atoms in total. The van der Waals surface area contributed by atoms with Gasteiger partial charge in [0.2, 0.25) is 0 Å². The first-order valence-corrected chi connectivity index (χ1v) is 11.1. The second-order valence-electron chi connectivity index (χ2n) is 8.19. The molecule has 0 bridgehead atoms. The summed E-state index contributed by atoms with van der Waals surface area (Å²) in [5.74, 6) is 0.158. The summed E-state index contributed by atoms with van der Waals surface area (Å²) in [6.07, 6.45) is 0.701. The molecule has 0 atom stereocenters. The fraction of sp³-hybridized carbons (Fsp3) is 0.385. The van der Waals surface area contributed by atoms with Crippen LogP contribution in [0, 0.1) is 13.8 Å². The third-order valence-corrected chi connectivity index (χ3v) is 5.23. The monoisotopic (exact) mass is 436 g/mol. The lowest BCUT2D eigenvalue weighted by Gasteiger charge is -2.16. The van der Waals surface area contributed by atoms with E-state index in [2.05, 4.69) is 5.32 Å². The number of rotatable bonds is 10. The van der Waals surface area contributed by atoms with Gasteiger partial charge < -0.3 is 14.8 Å². The maximum Gasteiger partial charge on any atom is 0.278 e. The number of hydrogen-bond acceptors (Lipinski definition) is 5. The number of carbonyl (C=O) groups is 2. The van der Waals surface area contributed by atoms with Crippen molar-refractivity contribution in [2.45, 2.75) is 47.1 Å². The van der Waals surface area contributed by atoms with Crippen molar-refractivity contribution >= 4 is 23.1 Å². The number of carbonyl (C=O) groups excluding carboxylic acids is 2. The van der Waals surface area contributed by atoms with Gasteiger partial charge in [0.1, 0.15) is 11.4 Å². The van der Waals surface area contributed by atoms with E-state index in [1.54, 1.807) is 0 Å². The van der Waals surface area contributed by atoms with Crippen LogP contribution in [0.2, 0.25) is 0 Å². The number of anilines is 1. The van der Waals surface area contributed by atoms with E-state index in [-0.39, 0.29) is 17.9 Å². The fourth-order valence-corrected chi connectivity index (χ4v) is 3.73. The molecule has 0 saturated heterocycles. The molecule has 0 spiro atoms. The molecule has 1 N–H and O–H groups in total. The Labute approximate surface area is 190 Å². The minimum atomic E-state index is -0.316. The molecule has 0 saturated carbocycles. The Kier molecular flexibility index (Phi) is 7.70. The molecular weight excluding hydrogens is 404 g/mol. The third kappa shape index (κ3) is 5.37. The van der Waals surface area contributed by atoms with Gasteiger partial charge in [-0.15, -0.1) is 0 Å². The molecule has 0 fully saturated rings. The lowest BCUT2D eigenvalue weighted by Crippen LogP contribution is -2.34.